The van der Waals surface area contributed by atoms with Crippen molar-refractivity contribution in [2.24, 2.45) is 5.41 Å². The van der Waals surface area contributed by atoms with Crippen molar-refractivity contribution in [3.63, 3.8) is 0 Å². The summed E-state index contributed by atoms with van der Waals surface area (Å²) in [5, 5.41) is 8.93. The summed E-state index contributed by atoms with van der Waals surface area (Å²) in [6.45, 7) is 17.7. The maximum atomic E-state index is 15.2. The number of hydrogen-bond donors (Lipinski definition) is 2. The predicted octanol–water partition coefficient (Wildman–Crippen LogP) is 7.28. The standard InChI is InChI=1S/C38H48Cl2N4O3/c1-8-47-32-23-28(36(3,4)5)13-18-31(32)38(35(46)44-21-19-43(20-22-44)24-37(6,7)25(2)45)41-33(26-9-14-29(39)15-10-26)34(42-38)27-11-16-30(40)17-12-27/h9-18,23,33-34,41-42H,8,19-22,24H2,1-7H3/t33-,34+,38?. The zero-order valence-electron chi connectivity index (χ0n) is 28.6. The van der Waals surface area contributed by atoms with Crippen LogP contribution in [-0.2, 0) is 20.7 Å². The van der Waals surface area contributed by atoms with Crippen LogP contribution in [-0.4, -0.2) is 60.8 Å². The second kappa shape index (κ2) is 13.9. The van der Waals surface area contributed by atoms with Gasteiger partial charge in [0.15, 0.2) is 5.66 Å². The fraction of sp³-hybridized carbons (Fsp3) is 0.474. The molecule has 3 aromatic carbocycles. The van der Waals surface area contributed by atoms with Crippen LogP contribution in [0.3, 0.4) is 0 Å². The van der Waals surface area contributed by atoms with Crippen LogP contribution in [0.4, 0.5) is 0 Å². The van der Waals surface area contributed by atoms with Gasteiger partial charge in [-0.25, -0.2) is 0 Å². The van der Waals surface area contributed by atoms with Crippen molar-refractivity contribution < 1.29 is 14.3 Å². The smallest absolute Gasteiger partial charge is 0.262 e. The molecule has 47 heavy (non-hydrogen) atoms. The van der Waals surface area contributed by atoms with Crippen molar-refractivity contribution in [1.29, 1.82) is 0 Å². The second-order valence-corrected chi connectivity index (χ2v) is 15.4. The van der Waals surface area contributed by atoms with E-state index in [1.54, 1.807) is 6.92 Å². The highest BCUT2D eigenvalue weighted by Crippen LogP contribution is 2.45. The number of carbonyl (C=O) groups excluding carboxylic acids is 2. The summed E-state index contributed by atoms with van der Waals surface area (Å²) < 4.78 is 6.33. The number of amides is 1. The van der Waals surface area contributed by atoms with Gasteiger partial charge in [0.1, 0.15) is 11.5 Å². The summed E-state index contributed by atoms with van der Waals surface area (Å²) in [5.74, 6) is 0.766. The molecule has 1 amide bonds. The van der Waals surface area contributed by atoms with Crippen LogP contribution in [0.25, 0.3) is 0 Å². The third-order valence-corrected chi connectivity index (χ3v) is 10.1. The lowest BCUT2D eigenvalue weighted by Crippen LogP contribution is -2.62. The van der Waals surface area contributed by atoms with Crippen molar-refractivity contribution in [2.75, 3.05) is 39.3 Å². The highest BCUT2D eigenvalue weighted by Gasteiger charge is 2.54. The van der Waals surface area contributed by atoms with E-state index >= 15 is 4.79 Å². The molecule has 3 aromatic rings. The number of piperazine rings is 1. The third kappa shape index (κ3) is 7.55. The van der Waals surface area contributed by atoms with Crippen molar-refractivity contribution in [2.45, 2.75) is 71.6 Å². The highest BCUT2D eigenvalue weighted by molar-refractivity contribution is 6.30. The van der Waals surface area contributed by atoms with Crippen LogP contribution in [0.15, 0.2) is 66.7 Å². The molecular weight excluding hydrogens is 631 g/mol. The molecule has 9 heteroatoms. The number of halogens is 2. The topological polar surface area (TPSA) is 73.9 Å². The lowest BCUT2D eigenvalue weighted by Gasteiger charge is -2.42. The number of ether oxygens (including phenoxy) is 1. The minimum absolute atomic E-state index is 0.0668. The number of hydrogen-bond acceptors (Lipinski definition) is 6. The molecule has 7 nitrogen and oxygen atoms in total. The maximum Gasteiger partial charge on any atom is 0.262 e. The Hall–Kier alpha value is -2.94. The molecular formula is C38H48Cl2N4O3. The minimum Gasteiger partial charge on any atom is -0.493 e. The summed E-state index contributed by atoms with van der Waals surface area (Å²) in [6.07, 6.45) is 0. The number of rotatable bonds is 9. The van der Waals surface area contributed by atoms with Crippen LogP contribution in [0.2, 0.25) is 10.0 Å². The van der Waals surface area contributed by atoms with Gasteiger partial charge in [0.2, 0.25) is 0 Å². The lowest BCUT2D eigenvalue weighted by molar-refractivity contribution is -0.142. The Labute approximate surface area is 289 Å². The molecule has 5 rings (SSSR count). The van der Waals surface area contributed by atoms with Gasteiger partial charge in [-0.1, -0.05) is 94.2 Å². The molecule has 0 aromatic heterocycles. The van der Waals surface area contributed by atoms with E-state index in [9.17, 15) is 4.79 Å². The fourth-order valence-electron chi connectivity index (χ4n) is 6.55. The van der Waals surface area contributed by atoms with E-state index < -0.39 is 11.1 Å². The monoisotopic (exact) mass is 678 g/mol. The number of nitrogens with one attached hydrogen (secondary N) is 2. The van der Waals surface area contributed by atoms with Crippen LogP contribution in [0, 0.1) is 5.41 Å². The van der Waals surface area contributed by atoms with Gasteiger partial charge in [0, 0.05) is 53.7 Å². The molecule has 0 bridgehead atoms. The van der Waals surface area contributed by atoms with Gasteiger partial charge in [0.05, 0.1) is 18.7 Å². The first kappa shape index (κ1) is 35.4. The Bertz CT molecular complexity index is 1520. The molecule has 2 fully saturated rings. The minimum atomic E-state index is -1.31. The molecule has 2 N–H and O–H groups in total. The molecule has 0 spiro atoms. The molecule has 1 unspecified atom stereocenters. The van der Waals surface area contributed by atoms with Crippen LogP contribution < -0.4 is 15.4 Å². The largest absolute Gasteiger partial charge is 0.493 e. The summed E-state index contributed by atoms with van der Waals surface area (Å²) in [6, 6.07) is 21.2. The van der Waals surface area contributed by atoms with Gasteiger partial charge in [-0.05, 0) is 66.3 Å². The van der Waals surface area contributed by atoms with Gasteiger partial charge in [-0.15, -0.1) is 0 Å². The summed E-state index contributed by atoms with van der Waals surface area (Å²) in [5.41, 5.74) is 1.99. The van der Waals surface area contributed by atoms with Gasteiger partial charge in [-0.2, -0.15) is 0 Å². The Morgan fingerprint density at radius 1 is 0.830 bits per heavy atom. The van der Waals surface area contributed by atoms with Gasteiger partial charge < -0.3 is 9.64 Å². The van der Waals surface area contributed by atoms with Crippen molar-refractivity contribution in [3.8, 4) is 5.75 Å². The zero-order valence-corrected chi connectivity index (χ0v) is 30.1. The third-order valence-electron chi connectivity index (χ3n) is 9.64. The normalized spacial score (nSPS) is 22.4. The van der Waals surface area contributed by atoms with Gasteiger partial charge in [0.25, 0.3) is 5.91 Å². The molecule has 0 aliphatic carbocycles. The molecule has 2 aliphatic rings. The van der Waals surface area contributed by atoms with E-state index in [-0.39, 0.29) is 29.2 Å². The summed E-state index contributed by atoms with van der Waals surface area (Å²) in [4.78, 5) is 31.6. The van der Waals surface area contributed by atoms with E-state index in [4.69, 9.17) is 27.9 Å². The summed E-state index contributed by atoms with van der Waals surface area (Å²) in [7, 11) is 0. The van der Waals surface area contributed by atoms with Crippen LogP contribution in [0.5, 0.6) is 5.75 Å². The van der Waals surface area contributed by atoms with E-state index in [2.05, 4.69) is 48.4 Å². The maximum absolute atomic E-state index is 15.2. The van der Waals surface area contributed by atoms with E-state index in [0.29, 0.717) is 55.1 Å². The van der Waals surface area contributed by atoms with Gasteiger partial charge >= 0.3 is 0 Å². The van der Waals surface area contributed by atoms with Crippen LogP contribution in [0.1, 0.15) is 82.8 Å². The zero-order chi connectivity index (χ0) is 34.1. The Morgan fingerprint density at radius 2 is 1.34 bits per heavy atom. The first-order valence-corrected chi connectivity index (χ1v) is 17.3. The quantitative estimate of drug-likeness (QED) is 0.248. The van der Waals surface area contributed by atoms with Crippen molar-refractivity contribution >= 4 is 34.9 Å². The molecule has 2 saturated heterocycles. The Kier molecular flexibility index (Phi) is 10.5. The molecule has 3 atom stereocenters. The first-order chi connectivity index (χ1) is 22.1. The van der Waals surface area contributed by atoms with E-state index in [1.807, 2.05) is 80.3 Å². The molecule has 2 aliphatic heterocycles. The molecule has 0 radical (unpaired) electrons. The number of nitrogens with zero attached hydrogens (tertiary/aromatic N) is 2. The number of benzene rings is 3. The highest BCUT2D eigenvalue weighted by atomic mass is 35.5. The number of Topliss-reactive ketones (excluding diaryl/α,β-unsaturated/α-hetero) is 1. The molecule has 0 saturated carbocycles. The fourth-order valence-corrected chi connectivity index (χ4v) is 6.80. The van der Waals surface area contributed by atoms with Crippen molar-refractivity contribution in [1.82, 2.24) is 20.4 Å². The lowest BCUT2D eigenvalue weighted by atomic mass is 9.84. The predicted molar refractivity (Wildman–Crippen MR) is 190 cm³/mol. The van der Waals surface area contributed by atoms with Crippen molar-refractivity contribution in [3.05, 3.63) is 99.0 Å². The van der Waals surface area contributed by atoms with E-state index in [0.717, 1.165) is 22.3 Å². The average molecular weight is 680 g/mol. The van der Waals surface area contributed by atoms with Gasteiger partial charge in [-0.3, -0.25) is 25.1 Å². The average Bonchev–Trinajstić information content (AvgIpc) is 3.43. The number of carbonyl (C=O) groups is 2. The first-order valence-electron chi connectivity index (χ1n) is 16.5. The van der Waals surface area contributed by atoms with Crippen LogP contribution >= 0.6 is 23.2 Å². The molecule has 2 heterocycles. The summed E-state index contributed by atoms with van der Waals surface area (Å²) >= 11 is 12.6. The Balaban J connectivity index is 1.60. The number of ketones is 1. The SMILES string of the molecule is CCOc1cc(C(C)(C)C)ccc1C1(C(=O)N2CCN(CC(C)(C)C(C)=O)CC2)N[C@H](c2ccc(Cl)cc2)[C@H](c2ccc(Cl)cc2)N1. The second-order valence-electron chi connectivity index (χ2n) is 14.5. The molecule has 252 valence electrons. The van der Waals surface area contributed by atoms with E-state index in [1.165, 1.54) is 0 Å². The Morgan fingerprint density at radius 3 is 1.79 bits per heavy atom.